The number of aliphatic hydroxyl groups is 1. The van der Waals surface area contributed by atoms with Crippen LogP contribution >= 0.6 is 11.6 Å². The molecule has 0 amide bonds. The summed E-state index contributed by atoms with van der Waals surface area (Å²) < 4.78 is 10.6. The minimum atomic E-state index is -0.980. The Morgan fingerprint density at radius 2 is 1.73 bits per heavy atom. The second-order valence-electron chi connectivity index (χ2n) is 6.37. The van der Waals surface area contributed by atoms with E-state index < -0.39 is 5.60 Å². The predicted octanol–water partition coefficient (Wildman–Crippen LogP) is 3.72. The highest BCUT2D eigenvalue weighted by atomic mass is 35.5. The molecule has 0 unspecified atom stereocenters. The number of halogens is 1. The number of anilines is 1. The van der Waals surface area contributed by atoms with Gasteiger partial charge in [-0.2, -0.15) is 5.26 Å². The van der Waals surface area contributed by atoms with Crippen molar-refractivity contribution in [1.29, 1.82) is 5.26 Å². The van der Waals surface area contributed by atoms with Gasteiger partial charge in [-0.1, -0.05) is 17.7 Å². The lowest BCUT2D eigenvalue weighted by Gasteiger charge is -2.40. The first-order chi connectivity index (χ1) is 12.5. The number of hydrogen-bond donors (Lipinski definition) is 1. The molecule has 1 saturated heterocycles. The first kappa shape index (κ1) is 18.4. The fraction of sp³-hybridized carbons (Fsp3) is 0.350. The Kier molecular flexibility index (Phi) is 5.26. The summed E-state index contributed by atoms with van der Waals surface area (Å²) in [6.45, 7) is 1.18. The summed E-state index contributed by atoms with van der Waals surface area (Å²) in [5, 5.41) is 21.1. The highest BCUT2D eigenvalue weighted by Gasteiger charge is 2.35. The molecule has 0 aromatic heterocycles. The monoisotopic (exact) mass is 372 g/mol. The predicted molar refractivity (Wildman–Crippen MR) is 101 cm³/mol. The van der Waals surface area contributed by atoms with Gasteiger partial charge in [0, 0.05) is 19.2 Å². The average Bonchev–Trinajstić information content (AvgIpc) is 2.68. The van der Waals surface area contributed by atoms with E-state index in [9.17, 15) is 10.4 Å². The van der Waals surface area contributed by atoms with E-state index in [-0.39, 0.29) is 0 Å². The van der Waals surface area contributed by atoms with Gasteiger partial charge in [-0.15, -0.1) is 0 Å². The van der Waals surface area contributed by atoms with Crippen LogP contribution in [0.4, 0.5) is 5.69 Å². The van der Waals surface area contributed by atoms with E-state index in [0.29, 0.717) is 48.0 Å². The van der Waals surface area contributed by atoms with Gasteiger partial charge in [0.25, 0.3) is 0 Å². The van der Waals surface area contributed by atoms with E-state index >= 15 is 0 Å². The topological polar surface area (TPSA) is 65.7 Å². The van der Waals surface area contributed by atoms with Crippen LogP contribution in [-0.2, 0) is 5.60 Å². The normalized spacial score (nSPS) is 16.0. The van der Waals surface area contributed by atoms with E-state index in [0.717, 1.165) is 11.3 Å². The maximum absolute atomic E-state index is 11.2. The molecule has 26 heavy (non-hydrogen) atoms. The summed E-state index contributed by atoms with van der Waals surface area (Å²) in [7, 11) is 3.18. The highest BCUT2D eigenvalue weighted by Crippen LogP contribution is 2.40. The third kappa shape index (κ3) is 3.44. The maximum atomic E-state index is 11.2. The van der Waals surface area contributed by atoms with E-state index in [2.05, 4.69) is 11.0 Å². The molecule has 136 valence electrons. The van der Waals surface area contributed by atoms with Crippen LogP contribution in [0.2, 0.25) is 5.02 Å². The second-order valence-corrected chi connectivity index (χ2v) is 6.77. The van der Waals surface area contributed by atoms with Crippen molar-refractivity contribution in [2.45, 2.75) is 18.4 Å². The van der Waals surface area contributed by atoms with Gasteiger partial charge in [-0.3, -0.25) is 0 Å². The Morgan fingerprint density at radius 1 is 1.12 bits per heavy atom. The van der Waals surface area contributed by atoms with Crippen molar-refractivity contribution in [3.8, 4) is 17.6 Å². The SMILES string of the molecule is COc1cc(OC)cc(C2(O)CCN(c3c(Cl)cccc3C#N)CC2)c1. The molecule has 1 heterocycles. The Morgan fingerprint density at radius 3 is 2.27 bits per heavy atom. The highest BCUT2D eigenvalue weighted by molar-refractivity contribution is 6.33. The Hall–Kier alpha value is -2.42. The molecular formula is C20H21ClN2O3. The number of nitriles is 1. The third-order valence-electron chi connectivity index (χ3n) is 4.90. The molecule has 3 rings (SSSR count). The van der Waals surface area contributed by atoms with Crippen LogP contribution in [-0.4, -0.2) is 32.4 Å². The lowest BCUT2D eigenvalue weighted by atomic mass is 9.84. The zero-order valence-electron chi connectivity index (χ0n) is 14.8. The van der Waals surface area contributed by atoms with E-state index in [4.69, 9.17) is 21.1 Å². The molecule has 0 spiro atoms. The molecule has 1 fully saturated rings. The number of nitrogens with zero attached hydrogens (tertiary/aromatic N) is 2. The quantitative estimate of drug-likeness (QED) is 0.886. The van der Waals surface area contributed by atoms with Crippen molar-refractivity contribution in [2.24, 2.45) is 0 Å². The molecule has 6 heteroatoms. The summed E-state index contributed by atoms with van der Waals surface area (Å²) in [6, 6.07) is 13.0. The van der Waals surface area contributed by atoms with Crippen molar-refractivity contribution in [2.75, 3.05) is 32.2 Å². The maximum Gasteiger partial charge on any atom is 0.122 e. The van der Waals surface area contributed by atoms with Crippen molar-refractivity contribution in [3.05, 3.63) is 52.5 Å². The molecule has 0 atom stereocenters. The molecule has 0 aliphatic carbocycles. The summed E-state index contributed by atoms with van der Waals surface area (Å²) in [6.07, 6.45) is 1.03. The van der Waals surface area contributed by atoms with Crippen LogP contribution in [0.25, 0.3) is 0 Å². The number of piperidine rings is 1. The second kappa shape index (κ2) is 7.45. The van der Waals surface area contributed by atoms with Gasteiger partial charge in [0.05, 0.1) is 36.1 Å². The minimum Gasteiger partial charge on any atom is -0.497 e. The van der Waals surface area contributed by atoms with E-state index in [1.165, 1.54) is 0 Å². The van der Waals surface area contributed by atoms with E-state index in [1.807, 2.05) is 12.1 Å². The molecule has 1 aliphatic rings. The van der Waals surface area contributed by atoms with Gasteiger partial charge < -0.3 is 19.5 Å². The Balaban J connectivity index is 1.85. The van der Waals surface area contributed by atoms with Crippen LogP contribution in [0.5, 0.6) is 11.5 Å². The van der Waals surface area contributed by atoms with Gasteiger partial charge in [0.1, 0.15) is 17.6 Å². The summed E-state index contributed by atoms with van der Waals surface area (Å²) in [5.41, 5.74) is 1.08. The lowest BCUT2D eigenvalue weighted by molar-refractivity contribution is 0.0114. The number of methoxy groups -OCH3 is 2. The standard InChI is InChI=1S/C20H21ClN2O3/c1-25-16-10-15(11-17(12-16)26-2)20(24)6-8-23(9-7-20)19-14(13-22)4-3-5-18(19)21/h3-5,10-12,24H,6-9H2,1-2H3. The zero-order chi connectivity index (χ0) is 18.7. The van der Waals surface area contributed by atoms with Crippen LogP contribution in [0.15, 0.2) is 36.4 Å². The summed E-state index contributed by atoms with van der Waals surface area (Å²) in [4.78, 5) is 2.06. The van der Waals surface area contributed by atoms with E-state index in [1.54, 1.807) is 38.5 Å². The van der Waals surface area contributed by atoms with Crippen LogP contribution in [0, 0.1) is 11.3 Å². The molecule has 5 nitrogen and oxygen atoms in total. The molecule has 1 N–H and O–H groups in total. The number of ether oxygens (including phenoxy) is 2. The van der Waals surface area contributed by atoms with Gasteiger partial charge in [0.15, 0.2) is 0 Å². The summed E-state index contributed by atoms with van der Waals surface area (Å²) >= 11 is 6.32. The van der Waals surface area contributed by atoms with Crippen molar-refractivity contribution < 1.29 is 14.6 Å². The Bertz CT molecular complexity index is 817. The van der Waals surface area contributed by atoms with Gasteiger partial charge >= 0.3 is 0 Å². The number of benzene rings is 2. The fourth-order valence-electron chi connectivity index (χ4n) is 3.39. The number of hydrogen-bond acceptors (Lipinski definition) is 5. The van der Waals surface area contributed by atoms with Gasteiger partial charge in [0.2, 0.25) is 0 Å². The first-order valence-corrected chi connectivity index (χ1v) is 8.78. The van der Waals surface area contributed by atoms with Gasteiger partial charge in [-0.05, 0) is 42.7 Å². The number of para-hydroxylation sites is 1. The van der Waals surface area contributed by atoms with Crippen molar-refractivity contribution in [1.82, 2.24) is 0 Å². The van der Waals surface area contributed by atoms with Crippen LogP contribution < -0.4 is 14.4 Å². The largest absolute Gasteiger partial charge is 0.497 e. The summed E-state index contributed by atoms with van der Waals surface area (Å²) in [5.74, 6) is 1.29. The minimum absolute atomic E-state index is 0.513. The molecule has 2 aromatic carbocycles. The lowest BCUT2D eigenvalue weighted by Crippen LogP contribution is -2.43. The molecule has 0 saturated carbocycles. The third-order valence-corrected chi connectivity index (χ3v) is 5.21. The van der Waals surface area contributed by atoms with Crippen LogP contribution in [0.1, 0.15) is 24.0 Å². The van der Waals surface area contributed by atoms with Crippen molar-refractivity contribution >= 4 is 17.3 Å². The Labute approximate surface area is 158 Å². The molecule has 0 bridgehead atoms. The fourth-order valence-corrected chi connectivity index (χ4v) is 3.69. The molecule has 2 aromatic rings. The molecule has 0 radical (unpaired) electrons. The van der Waals surface area contributed by atoms with Crippen molar-refractivity contribution in [3.63, 3.8) is 0 Å². The van der Waals surface area contributed by atoms with Crippen LogP contribution in [0.3, 0.4) is 0 Å². The number of rotatable bonds is 4. The first-order valence-electron chi connectivity index (χ1n) is 8.40. The van der Waals surface area contributed by atoms with Gasteiger partial charge in [-0.25, -0.2) is 0 Å². The average molecular weight is 373 g/mol. The smallest absolute Gasteiger partial charge is 0.122 e. The zero-order valence-corrected chi connectivity index (χ0v) is 15.6. The molecular weight excluding hydrogens is 352 g/mol. The molecule has 1 aliphatic heterocycles.